The third-order valence-corrected chi connectivity index (χ3v) is 15.9. The molecular weight excluding hydrogens is 465 g/mol. The Kier molecular flexibility index (Phi) is 10.4. The zero-order valence-corrected chi connectivity index (χ0v) is 25.6. The maximum atomic E-state index is 12.0. The molecule has 0 heterocycles. The van der Waals surface area contributed by atoms with Gasteiger partial charge in [0.2, 0.25) is 0 Å². The topological polar surface area (TPSA) is 102 Å². The fourth-order valence-corrected chi connectivity index (χ4v) is 18.0. The van der Waals surface area contributed by atoms with E-state index in [1.807, 2.05) is 0 Å². The van der Waals surface area contributed by atoms with Crippen LogP contribution in [0.4, 0.5) is 0 Å². The molecule has 2 N–H and O–H groups in total. The van der Waals surface area contributed by atoms with Crippen LogP contribution in [0.25, 0.3) is 0 Å². The lowest BCUT2D eigenvalue weighted by molar-refractivity contribution is -0.137. The third-order valence-electron chi connectivity index (χ3n) is 3.82. The van der Waals surface area contributed by atoms with Gasteiger partial charge in [0.05, 0.1) is 5.57 Å². The van der Waals surface area contributed by atoms with Crippen molar-refractivity contribution in [1.82, 2.24) is 0 Å². The van der Waals surface area contributed by atoms with Crippen molar-refractivity contribution in [1.29, 1.82) is 0 Å². The number of hydrogen-bond donors (Lipinski definition) is 2. The van der Waals surface area contributed by atoms with Gasteiger partial charge in [0.1, 0.15) is 0 Å². The molecule has 0 spiro atoms. The fraction of sp³-hybridized carbons (Fsp3) is 0.800. The SMILES string of the molecule is CC(C)(C)/C(C(=O)O)=C(/CCC[Si](O[Si](C)(C)C)(O[Si](C)(C)C)O[Si](C)(C)C)C(=O)O. The van der Waals surface area contributed by atoms with E-state index < -0.39 is 51.1 Å². The molecule has 0 amide bonds. The van der Waals surface area contributed by atoms with Crippen molar-refractivity contribution in [3.05, 3.63) is 11.1 Å². The third kappa shape index (κ3) is 12.3. The van der Waals surface area contributed by atoms with Crippen LogP contribution in [0.5, 0.6) is 0 Å². The molecule has 31 heavy (non-hydrogen) atoms. The van der Waals surface area contributed by atoms with Crippen molar-refractivity contribution in [2.24, 2.45) is 5.41 Å². The number of aliphatic carboxylic acids is 2. The molecule has 0 aromatic heterocycles. The highest BCUT2D eigenvalue weighted by Crippen LogP contribution is 2.34. The van der Waals surface area contributed by atoms with Crippen LogP contribution in [0.3, 0.4) is 0 Å². The molecule has 0 rings (SSSR count). The van der Waals surface area contributed by atoms with Crippen LogP contribution in [0, 0.1) is 5.41 Å². The number of hydrogen-bond acceptors (Lipinski definition) is 5. The monoisotopic (exact) mass is 508 g/mol. The zero-order chi connectivity index (χ0) is 25.1. The van der Waals surface area contributed by atoms with Gasteiger partial charge in [-0.15, -0.1) is 0 Å². The summed E-state index contributed by atoms with van der Waals surface area (Å²) in [5.41, 5.74) is -0.903. The van der Waals surface area contributed by atoms with E-state index in [1.165, 1.54) is 0 Å². The minimum atomic E-state index is -3.09. The summed E-state index contributed by atoms with van der Waals surface area (Å²) in [6, 6.07) is 0.472. The van der Waals surface area contributed by atoms with E-state index in [0.29, 0.717) is 12.5 Å². The zero-order valence-electron chi connectivity index (χ0n) is 21.6. The van der Waals surface area contributed by atoms with Gasteiger partial charge in [-0.25, -0.2) is 9.59 Å². The van der Waals surface area contributed by atoms with Crippen molar-refractivity contribution in [3.8, 4) is 0 Å². The van der Waals surface area contributed by atoms with Crippen molar-refractivity contribution in [2.75, 3.05) is 0 Å². The summed E-state index contributed by atoms with van der Waals surface area (Å²) in [6.07, 6.45) is 0.558. The second kappa shape index (κ2) is 10.6. The molecular formula is C20H44O7Si4. The van der Waals surface area contributed by atoms with E-state index in [1.54, 1.807) is 20.8 Å². The van der Waals surface area contributed by atoms with Crippen molar-refractivity contribution in [3.63, 3.8) is 0 Å². The Labute approximate surface area is 192 Å². The maximum absolute atomic E-state index is 12.0. The predicted octanol–water partition coefficient (Wildman–Crippen LogP) is 5.77. The minimum absolute atomic E-state index is 0.0584. The van der Waals surface area contributed by atoms with Gasteiger partial charge in [-0.2, -0.15) is 0 Å². The number of carboxylic acid groups (broad SMARTS) is 2. The van der Waals surface area contributed by atoms with Crippen LogP contribution in [-0.4, -0.2) is 55.9 Å². The van der Waals surface area contributed by atoms with Gasteiger partial charge in [0.15, 0.2) is 25.0 Å². The Balaban J connectivity index is 6.15. The first-order chi connectivity index (χ1) is 13.5. The van der Waals surface area contributed by atoms with Crippen LogP contribution in [0.1, 0.15) is 33.6 Å². The Morgan fingerprint density at radius 3 is 1.29 bits per heavy atom. The maximum Gasteiger partial charge on any atom is 0.469 e. The summed E-state index contributed by atoms with van der Waals surface area (Å²) >= 11 is 0. The van der Waals surface area contributed by atoms with E-state index in [0.717, 1.165) is 0 Å². The number of rotatable bonds is 12. The Morgan fingerprint density at radius 2 is 1.06 bits per heavy atom. The molecule has 0 saturated carbocycles. The molecule has 0 aromatic carbocycles. The molecule has 0 saturated heterocycles. The van der Waals surface area contributed by atoms with Gasteiger partial charge in [0, 0.05) is 11.6 Å². The Morgan fingerprint density at radius 1 is 0.710 bits per heavy atom. The molecule has 0 aromatic rings. The van der Waals surface area contributed by atoms with Gasteiger partial charge in [0.25, 0.3) is 0 Å². The van der Waals surface area contributed by atoms with E-state index >= 15 is 0 Å². The van der Waals surface area contributed by atoms with Crippen LogP contribution in [-0.2, 0) is 21.9 Å². The van der Waals surface area contributed by atoms with Crippen molar-refractivity contribution >= 4 is 45.7 Å². The van der Waals surface area contributed by atoms with E-state index in [4.69, 9.17) is 12.3 Å². The Bertz CT molecular complexity index is 637. The number of carboxylic acids is 2. The summed E-state index contributed by atoms with van der Waals surface area (Å²) in [5, 5.41) is 19.4. The summed E-state index contributed by atoms with van der Waals surface area (Å²) < 4.78 is 19.9. The van der Waals surface area contributed by atoms with Crippen LogP contribution >= 0.6 is 0 Å². The fourth-order valence-electron chi connectivity index (χ4n) is 3.34. The standard InChI is InChI=1S/C20H44O7Si4/c1-20(2,3)17(19(23)24)16(18(21)22)14-13-15-31(25-28(4,5)6,26-29(7,8)9)27-30(10,11)12/h13-15H2,1-12H3,(H,21,22)(H,23,24)/b17-16-. The highest BCUT2D eigenvalue weighted by atomic mass is 28.5. The molecule has 0 unspecified atom stereocenters. The Hall–Kier alpha value is -0.572. The summed E-state index contributed by atoms with van der Waals surface area (Å²) in [6.45, 7) is 24.0. The molecule has 0 aliphatic carbocycles. The molecule has 0 atom stereocenters. The second-order valence-corrected chi connectivity index (χ2v) is 28.9. The first-order valence-electron chi connectivity index (χ1n) is 10.8. The smallest absolute Gasteiger partial charge is 0.469 e. The lowest BCUT2D eigenvalue weighted by Crippen LogP contribution is -2.60. The van der Waals surface area contributed by atoms with Crippen molar-refractivity contribution in [2.45, 2.75) is 98.6 Å². The summed E-state index contributed by atoms with van der Waals surface area (Å²) in [4.78, 5) is 23.8. The molecule has 0 aliphatic heterocycles. The average Bonchev–Trinajstić information content (AvgIpc) is 2.37. The lowest BCUT2D eigenvalue weighted by atomic mass is 9.82. The molecule has 0 aliphatic rings. The molecule has 0 radical (unpaired) electrons. The first kappa shape index (κ1) is 30.4. The first-order valence-corrected chi connectivity index (χ1v) is 22.9. The quantitative estimate of drug-likeness (QED) is 0.255. The summed E-state index contributed by atoms with van der Waals surface area (Å²) in [7, 11) is -9.17. The van der Waals surface area contributed by atoms with Gasteiger partial charge in [-0.1, -0.05) is 20.8 Å². The molecule has 0 fully saturated rings. The van der Waals surface area contributed by atoms with E-state index in [-0.39, 0.29) is 17.6 Å². The van der Waals surface area contributed by atoms with Crippen LogP contribution in [0.15, 0.2) is 11.1 Å². The normalized spacial score (nSPS) is 15.0. The number of carbonyl (C=O) groups is 2. The predicted molar refractivity (Wildman–Crippen MR) is 135 cm³/mol. The van der Waals surface area contributed by atoms with Crippen LogP contribution < -0.4 is 0 Å². The highest BCUT2D eigenvalue weighted by Gasteiger charge is 2.49. The van der Waals surface area contributed by atoms with E-state index in [2.05, 4.69) is 58.9 Å². The summed E-state index contributed by atoms with van der Waals surface area (Å²) in [5.74, 6) is -2.38. The molecule has 7 nitrogen and oxygen atoms in total. The highest BCUT2D eigenvalue weighted by molar-refractivity contribution is 6.90. The van der Waals surface area contributed by atoms with Gasteiger partial charge >= 0.3 is 20.7 Å². The second-order valence-electron chi connectivity index (χ2n) is 11.9. The van der Waals surface area contributed by atoms with Gasteiger partial charge in [-0.3, -0.25) is 0 Å². The lowest BCUT2D eigenvalue weighted by Gasteiger charge is -2.43. The van der Waals surface area contributed by atoms with Gasteiger partial charge in [-0.05, 0) is 77.2 Å². The molecule has 182 valence electrons. The van der Waals surface area contributed by atoms with Crippen molar-refractivity contribution < 1.29 is 32.1 Å². The van der Waals surface area contributed by atoms with Gasteiger partial charge < -0.3 is 22.6 Å². The van der Waals surface area contributed by atoms with E-state index in [9.17, 15) is 19.8 Å². The van der Waals surface area contributed by atoms with Crippen LogP contribution in [0.2, 0.25) is 65.0 Å². The molecule has 0 bridgehead atoms. The average molecular weight is 509 g/mol. The largest absolute Gasteiger partial charge is 0.478 e. The minimum Gasteiger partial charge on any atom is -0.478 e. The molecule has 11 heteroatoms.